The molecule has 0 spiro atoms. The van der Waals surface area contributed by atoms with Gasteiger partial charge in [0.15, 0.2) is 0 Å². The molecule has 1 aliphatic rings. The molecule has 0 unspecified atom stereocenters. The Hall–Kier alpha value is -4.28. The fraction of sp³-hybridized carbons (Fsp3) is 0.259. The molecular formula is C27H30N8O2. The molecule has 10 nitrogen and oxygen atoms in total. The highest BCUT2D eigenvalue weighted by atomic mass is 16.5. The Kier molecular flexibility index (Phi) is 7.38. The van der Waals surface area contributed by atoms with Gasteiger partial charge in [0.05, 0.1) is 12.8 Å². The SMILES string of the molecule is C=CC(=O)Nc1cccc(-c2n[nH]c3cnc(Nc4ccc(N5CCN(CCOC)CC5)cc4)nc23)c1. The monoisotopic (exact) mass is 498 g/mol. The predicted octanol–water partition coefficient (Wildman–Crippen LogP) is 3.66. The van der Waals surface area contributed by atoms with Crippen molar-refractivity contribution in [3.63, 3.8) is 0 Å². The fourth-order valence-corrected chi connectivity index (χ4v) is 4.35. The lowest BCUT2D eigenvalue weighted by Gasteiger charge is -2.36. The summed E-state index contributed by atoms with van der Waals surface area (Å²) in [5.41, 5.74) is 5.67. The average molecular weight is 499 g/mol. The maximum absolute atomic E-state index is 11.7. The minimum atomic E-state index is -0.270. The molecule has 1 amide bonds. The average Bonchev–Trinajstić information content (AvgIpc) is 3.36. The minimum Gasteiger partial charge on any atom is -0.383 e. The van der Waals surface area contributed by atoms with E-state index in [4.69, 9.17) is 9.72 Å². The van der Waals surface area contributed by atoms with Crippen molar-refractivity contribution in [2.24, 2.45) is 0 Å². The summed E-state index contributed by atoms with van der Waals surface area (Å²) < 4.78 is 5.19. The molecule has 2 aromatic heterocycles. The summed E-state index contributed by atoms with van der Waals surface area (Å²) in [6, 6.07) is 15.8. The number of hydrogen-bond acceptors (Lipinski definition) is 8. The standard InChI is InChI=1S/C27H30N8O2/c1-3-24(36)29-21-6-4-5-19(17-21)25-26-23(32-33-25)18-28-27(31-26)30-20-7-9-22(10-8-20)35-13-11-34(12-14-35)15-16-37-2/h3-10,17-18H,1,11-16H2,2H3,(H,29,36)(H,32,33)(H,28,30,31). The number of aromatic nitrogens is 4. The molecular weight excluding hydrogens is 468 g/mol. The second-order valence-corrected chi connectivity index (χ2v) is 8.80. The molecule has 3 N–H and O–H groups in total. The second kappa shape index (κ2) is 11.2. The molecule has 0 radical (unpaired) electrons. The van der Waals surface area contributed by atoms with Crippen LogP contribution in [0, 0.1) is 0 Å². The van der Waals surface area contributed by atoms with Crippen molar-refractivity contribution in [3.8, 4) is 11.3 Å². The van der Waals surface area contributed by atoms with Crippen molar-refractivity contribution in [1.82, 2.24) is 25.1 Å². The van der Waals surface area contributed by atoms with Crippen molar-refractivity contribution >= 4 is 40.0 Å². The van der Waals surface area contributed by atoms with Crippen molar-refractivity contribution in [2.75, 3.05) is 62.0 Å². The largest absolute Gasteiger partial charge is 0.383 e. The first kappa shape index (κ1) is 24.4. The van der Waals surface area contributed by atoms with Crippen LogP contribution >= 0.6 is 0 Å². The van der Waals surface area contributed by atoms with Gasteiger partial charge in [0.2, 0.25) is 11.9 Å². The second-order valence-electron chi connectivity index (χ2n) is 8.80. The summed E-state index contributed by atoms with van der Waals surface area (Å²) in [6.07, 6.45) is 2.95. The van der Waals surface area contributed by atoms with E-state index < -0.39 is 0 Å². The number of methoxy groups -OCH3 is 1. The van der Waals surface area contributed by atoms with Gasteiger partial charge >= 0.3 is 0 Å². The van der Waals surface area contributed by atoms with E-state index >= 15 is 0 Å². The number of benzene rings is 2. The van der Waals surface area contributed by atoms with Crippen LogP contribution in [0.15, 0.2) is 67.4 Å². The van der Waals surface area contributed by atoms with Crippen molar-refractivity contribution < 1.29 is 9.53 Å². The molecule has 1 saturated heterocycles. The lowest BCUT2D eigenvalue weighted by Crippen LogP contribution is -2.47. The van der Waals surface area contributed by atoms with E-state index in [1.807, 2.05) is 36.4 Å². The summed E-state index contributed by atoms with van der Waals surface area (Å²) in [6.45, 7) is 9.31. The Balaban J connectivity index is 1.28. The number of rotatable bonds is 9. The van der Waals surface area contributed by atoms with E-state index in [9.17, 15) is 4.79 Å². The number of ether oxygens (including phenoxy) is 1. The van der Waals surface area contributed by atoms with Gasteiger partial charge in [-0.05, 0) is 42.5 Å². The molecule has 1 fully saturated rings. The number of aromatic amines is 1. The van der Waals surface area contributed by atoms with E-state index in [1.165, 1.54) is 11.8 Å². The van der Waals surface area contributed by atoms with E-state index in [0.717, 1.165) is 56.1 Å². The Labute approximate surface area is 215 Å². The van der Waals surface area contributed by atoms with Gasteiger partial charge in [-0.2, -0.15) is 5.10 Å². The normalized spacial score (nSPS) is 14.0. The fourth-order valence-electron chi connectivity index (χ4n) is 4.35. The molecule has 2 aromatic carbocycles. The number of piperazine rings is 1. The van der Waals surface area contributed by atoms with Gasteiger partial charge in [-0.3, -0.25) is 14.8 Å². The maximum Gasteiger partial charge on any atom is 0.247 e. The number of anilines is 4. The van der Waals surface area contributed by atoms with Gasteiger partial charge in [0, 0.05) is 62.5 Å². The number of H-pyrrole nitrogens is 1. The van der Waals surface area contributed by atoms with E-state index in [0.29, 0.717) is 22.8 Å². The van der Waals surface area contributed by atoms with Gasteiger partial charge in [0.25, 0.3) is 0 Å². The molecule has 4 aromatic rings. The Morgan fingerprint density at radius 3 is 2.70 bits per heavy atom. The highest BCUT2D eigenvalue weighted by Crippen LogP contribution is 2.28. The topological polar surface area (TPSA) is 111 Å². The van der Waals surface area contributed by atoms with Crippen LogP contribution < -0.4 is 15.5 Å². The van der Waals surface area contributed by atoms with Crippen LogP contribution in [-0.2, 0) is 9.53 Å². The first-order valence-corrected chi connectivity index (χ1v) is 12.2. The van der Waals surface area contributed by atoms with Gasteiger partial charge in [-0.15, -0.1) is 0 Å². The molecule has 5 rings (SSSR count). The van der Waals surface area contributed by atoms with Gasteiger partial charge in [0.1, 0.15) is 16.7 Å². The third kappa shape index (κ3) is 5.76. The molecule has 1 aliphatic heterocycles. The highest BCUT2D eigenvalue weighted by Gasteiger charge is 2.17. The zero-order valence-electron chi connectivity index (χ0n) is 20.8. The van der Waals surface area contributed by atoms with Crippen molar-refractivity contribution in [1.29, 1.82) is 0 Å². The van der Waals surface area contributed by atoms with Gasteiger partial charge < -0.3 is 20.3 Å². The summed E-state index contributed by atoms with van der Waals surface area (Å²) in [5.74, 6) is 0.207. The Bertz CT molecular complexity index is 1380. The summed E-state index contributed by atoms with van der Waals surface area (Å²) in [4.78, 5) is 25.7. The molecule has 0 bridgehead atoms. The van der Waals surface area contributed by atoms with Crippen LogP contribution in [0.2, 0.25) is 0 Å². The number of carbonyl (C=O) groups is 1. The number of hydrogen-bond donors (Lipinski definition) is 3. The number of amides is 1. The molecule has 0 aliphatic carbocycles. The molecule has 0 atom stereocenters. The number of carbonyl (C=O) groups excluding carboxylic acids is 1. The van der Waals surface area contributed by atoms with Crippen LogP contribution in [0.5, 0.6) is 0 Å². The van der Waals surface area contributed by atoms with E-state index in [-0.39, 0.29) is 5.91 Å². The van der Waals surface area contributed by atoms with Gasteiger partial charge in [-0.1, -0.05) is 18.7 Å². The van der Waals surface area contributed by atoms with Crippen LogP contribution in [-0.4, -0.2) is 77.4 Å². The minimum absolute atomic E-state index is 0.270. The molecule has 0 saturated carbocycles. The first-order valence-electron chi connectivity index (χ1n) is 12.2. The predicted molar refractivity (Wildman–Crippen MR) is 146 cm³/mol. The molecule has 190 valence electrons. The smallest absolute Gasteiger partial charge is 0.247 e. The molecule has 10 heteroatoms. The Morgan fingerprint density at radius 2 is 1.95 bits per heavy atom. The highest BCUT2D eigenvalue weighted by molar-refractivity contribution is 5.99. The number of nitrogens with one attached hydrogen (secondary N) is 3. The Morgan fingerprint density at radius 1 is 1.14 bits per heavy atom. The van der Waals surface area contributed by atoms with E-state index in [1.54, 1.807) is 13.3 Å². The summed E-state index contributed by atoms with van der Waals surface area (Å²) >= 11 is 0. The van der Waals surface area contributed by atoms with Crippen LogP contribution in [0.1, 0.15) is 0 Å². The molecule has 3 heterocycles. The summed E-state index contributed by atoms with van der Waals surface area (Å²) in [5, 5.41) is 13.5. The lowest BCUT2D eigenvalue weighted by molar-refractivity contribution is -0.111. The lowest BCUT2D eigenvalue weighted by atomic mass is 10.1. The number of nitrogens with zero attached hydrogens (tertiary/aromatic N) is 5. The van der Waals surface area contributed by atoms with E-state index in [2.05, 4.69) is 54.3 Å². The zero-order valence-corrected chi connectivity index (χ0v) is 20.8. The summed E-state index contributed by atoms with van der Waals surface area (Å²) in [7, 11) is 1.75. The van der Waals surface area contributed by atoms with Crippen LogP contribution in [0.3, 0.4) is 0 Å². The van der Waals surface area contributed by atoms with Crippen molar-refractivity contribution in [3.05, 3.63) is 67.4 Å². The maximum atomic E-state index is 11.7. The van der Waals surface area contributed by atoms with Crippen LogP contribution in [0.25, 0.3) is 22.3 Å². The van der Waals surface area contributed by atoms with Crippen LogP contribution in [0.4, 0.5) is 23.0 Å². The molecule has 37 heavy (non-hydrogen) atoms. The first-order chi connectivity index (χ1) is 18.1. The van der Waals surface area contributed by atoms with Gasteiger partial charge in [-0.25, -0.2) is 9.97 Å². The zero-order chi connectivity index (χ0) is 25.6. The third-order valence-electron chi connectivity index (χ3n) is 6.36. The van der Waals surface area contributed by atoms with Crippen molar-refractivity contribution in [2.45, 2.75) is 0 Å². The third-order valence-corrected chi connectivity index (χ3v) is 6.36. The number of fused-ring (bicyclic) bond motifs is 1. The quantitative estimate of drug-likeness (QED) is 0.300.